The number of fused-ring (bicyclic) bond motifs is 1. The monoisotopic (exact) mass is 347 g/mol. The highest BCUT2D eigenvalue weighted by molar-refractivity contribution is 6.03. The molecular formula is C15H17N5O5. The zero-order valence-electron chi connectivity index (χ0n) is 14.1. The molecule has 1 aromatic heterocycles. The molecule has 2 aromatic rings. The van der Waals surface area contributed by atoms with E-state index in [1.54, 1.807) is 19.1 Å². The van der Waals surface area contributed by atoms with Crippen molar-refractivity contribution in [3.63, 3.8) is 0 Å². The maximum absolute atomic E-state index is 11.9. The van der Waals surface area contributed by atoms with Gasteiger partial charge in [-0.3, -0.25) is 4.79 Å². The van der Waals surface area contributed by atoms with Gasteiger partial charge in [0.25, 0.3) is 5.95 Å². The molecule has 0 aliphatic carbocycles. The zero-order chi connectivity index (χ0) is 18.1. The summed E-state index contributed by atoms with van der Waals surface area (Å²) in [6, 6.07) is 2.53. The number of nitrogens with zero attached hydrogens (tertiary/aromatic N) is 5. The van der Waals surface area contributed by atoms with Gasteiger partial charge in [-0.15, -0.1) is 0 Å². The highest BCUT2D eigenvalue weighted by Gasteiger charge is 2.42. The van der Waals surface area contributed by atoms with Crippen LogP contribution in [0.3, 0.4) is 0 Å². The van der Waals surface area contributed by atoms with Crippen molar-refractivity contribution in [2.24, 2.45) is 10.9 Å². The Balaban J connectivity index is 2.29. The Morgan fingerprint density at radius 2 is 1.80 bits per heavy atom. The van der Waals surface area contributed by atoms with Crippen LogP contribution in [0.4, 0.5) is 5.95 Å². The lowest BCUT2D eigenvalue weighted by Crippen LogP contribution is -2.36. The van der Waals surface area contributed by atoms with Crippen molar-refractivity contribution in [2.75, 3.05) is 21.3 Å². The number of carbonyl (C=O) groups is 1. The third kappa shape index (κ3) is 2.65. The largest absolute Gasteiger partial charge is 0.496 e. The SMILES string of the molecule is COc1cc(OC)c(C2C(C(=O)O)C(C)=Nc3nnnn32)c(OC)c1. The number of carboxylic acid groups (broad SMARTS) is 1. The molecule has 1 aromatic carbocycles. The molecule has 0 saturated carbocycles. The molecule has 10 heteroatoms. The van der Waals surface area contributed by atoms with Crippen molar-refractivity contribution in [2.45, 2.75) is 13.0 Å². The number of methoxy groups -OCH3 is 3. The lowest BCUT2D eigenvalue weighted by molar-refractivity contribution is -0.140. The number of aliphatic carboxylic acids is 1. The first kappa shape index (κ1) is 16.7. The van der Waals surface area contributed by atoms with E-state index in [1.807, 2.05) is 0 Å². The molecular weight excluding hydrogens is 330 g/mol. The number of carboxylic acids is 1. The van der Waals surface area contributed by atoms with Gasteiger partial charge in [0.2, 0.25) is 0 Å². The van der Waals surface area contributed by atoms with Crippen LogP contribution in [0.2, 0.25) is 0 Å². The number of tetrazole rings is 1. The topological polar surface area (TPSA) is 121 Å². The number of hydrogen-bond acceptors (Lipinski definition) is 8. The minimum Gasteiger partial charge on any atom is -0.496 e. The molecule has 1 aliphatic rings. The quantitative estimate of drug-likeness (QED) is 0.853. The van der Waals surface area contributed by atoms with Gasteiger partial charge in [-0.05, 0) is 17.4 Å². The Bertz CT molecular complexity index is 822. The Morgan fingerprint density at radius 1 is 1.16 bits per heavy atom. The first-order valence-corrected chi connectivity index (χ1v) is 7.37. The summed E-state index contributed by atoms with van der Waals surface area (Å²) >= 11 is 0. The fourth-order valence-corrected chi connectivity index (χ4v) is 2.97. The minimum atomic E-state index is -1.05. The smallest absolute Gasteiger partial charge is 0.314 e. The van der Waals surface area contributed by atoms with Gasteiger partial charge in [0.05, 0.1) is 26.9 Å². The number of aromatic nitrogens is 4. The zero-order valence-corrected chi connectivity index (χ0v) is 14.1. The standard InChI is InChI=1S/C15H17N5O5/c1-7-11(14(21)22)13(20-15(16-7)17-18-19-20)12-9(24-3)5-8(23-2)6-10(12)25-4/h5-6,11,13H,1-4H3,(H,21,22). The molecule has 2 unspecified atom stereocenters. The molecule has 10 nitrogen and oxygen atoms in total. The highest BCUT2D eigenvalue weighted by Crippen LogP contribution is 2.45. The first-order chi connectivity index (χ1) is 12.0. The number of hydrogen-bond donors (Lipinski definition) is 1. The molecule has 0 amide bonds. The van der Waals surface area contributed by atoms with Crippen molar-refractivity contribution < 1.29 is 24.1 Å². The third-order valence-electron chi connectivity index (χ3n) is 4.10. The van der Waals surface area contributed by atoms with Gasteiger partial charge >= 0.3 is 5.97 Å². The first-order valence-electron chi connectivity index (χ1n) is 7.37. The summed E-state index contributed by atoms with van der Waals surface area (Å²) < 4.78 is 17.5. The molecule has 0 fully saturated rings. The maximum Gasteiger partial charge on any atom is 0.314 e. The van der Waals surface area contributed by atoms with Gasteiger partial charge in [0, 0.05) is 17.8 Å². The summed E-state index contributed by atoms with van der Waals surface area (Å²) in [5.41, 5.74) is 0.890. The fraction of sp³-hybridized carbons (Fsp3) is 0.400. The van der Waals surface area contributed by atoms with Crippen molar-refractivity contribution in [3.05, 3.63) is 17.7 Å². The van der Waals surface area contributed by atoms with Crippen molar-refractivity contribution >= 4 is 17.6 Å². The van der Waals surface area contributed by atoms with Crippen LogP contribution in [0.15, 0.2) is 17.1 Å². The second-order valence-corrected chi connectivity index (χ2v) is 5.38. The van der Waals surface area contributed by atoms with Crippen LogP contribution in [-0.4, -0.2) is 58.3 Å². The Labute approximate surface area is 143 Å². The predicted molar refractivity (Wildman–Crippen MR) is 85.9 cm³/mol. The summed E-state index contributed by atoms with van der Waals surface area (Å²) in [6.07, 6.45) is 0. The van der Waals surface area contributed by atoms with E-state index in [0.29, 0.717) is 28.5 Å². The molecule has 1 N–H and O–H groups in total. The Hall–Kier alpha value is -3.17. The summed E-state index contributed by atoms with van der Waals surface area (Å²) in [5.74, 6) is -0.478. The number of rotatable bonds is 5. The molecule has 0 radical (unpaired) electrons. The number of benzene rings is 1. The molecule has 132 valence electrons. The van der Waals surface area contributed by atoms with E-state index in [-0.39, 0.29) is 5.95 Å². The maximum atomic E-state index is 11.9. The molecule has 0 bridgehead atoms. The van der Waals surface area contributed by atoms with Crippen LogP contribution >= 0.6 is 0 Å². The van der Waals surface area contributed by atoms with Crippen LogP contribution in [0.1, 0.15) is 18.5 Å². The van der Waals surface area contributed by atoms with E-state index in [9.17, 15) is 9.90 Å². The van der Waals surface area contributed by atoms with Crippen LogP contribution in [0.5, 0.6) is 17.2 Å². The van der Waals surface area contributed by atoms with E-state index in [1.165, 1.54) is 26.0 Å². The van der Waals surface area contributed by atoms with E-state index in [4.69, 9.17) is 14.2 Å². The van der Waals surface area contributed by atoms with Gasteiger partial charge in [-0.1, -0.05) is 5.10 Å². The van der Waals surface area contributed by atoms with Crippen molar-refractivity contribution in [1.29, 1.82) is 0 Å². The third-order valence-corrected chi connectivity index (χ3v) is 4.10. The Morgan fingerprint density at radius 3 is 2.32 bits per heavy atom. The van der Waals surface area contributed by atoms with E-state index >= 15 is 0 Å². The number of ether oxygens (including phenoxy) is 3. The van der Waals surface area contributed by atoms with Gasteiger partial charge in [-0.25, -0.2) is 9.67 Å². The van der Waals surface area contributed by atoms with Crippen LogP contribution in [0.25, 0.3) is 0 Å². The average molecular weight is 347 g/mol. The van der Waals surface area contributed by atoms with Gasteiger partial charge < -0.3 is 19.3 Å². The molecule has 0 saturated heterocycles. The number of aliphatic imine (C=N–C) groups is 1. The summed E-state index contributed by atoms with van der Waals surface area (Å²) in [4.78, 5) is 16.1. The summed E-state index contributed by atoms with van der Waals surface area (Å²) in [5, 5.41) is 21.1. The average Bonchev–Trinajstić information content (AvgIpc) is 3.06. The van der Waals surface area contributed by atoms with Crippen molar-refractivity contribution in [1.82, 2.24) is 20.2 Å². The molecule has 3 rings (SSSR count). The van der Waals surface area contributed by atoms with E-state index in [2.05, 4.69) is 20.5 Å². The van der Waals surface area contributed by atoms with Gasteiger partial charge in [-0.2, -0.15) is 0 Å². The van der Waals surface area contributed by atoms with Crippen molar-refractivity contribution in [3.8, 4) is 17.2 Å². The molecule has 0 spiro atoms. The fourth-order valence-electron chi connectivity index (χ4n) is 2.97. The summed E-state index contributed by atoms with van der Waals surface area (Å²) in [7, 11) is 4.49. The second kappa shape index (κ2) is 6.38. The lowest BCUT2D eigenvalue weighted by atomic mass is 9.87. The highest BCUT2D eigenvalue weighted by atomic mass is 16.5. The van der Waals surface area contributed by atoms with E-state index < -0.39 is 17.9 Å². The van der Waals surface area contributed by atoms with Gasteiger partial charge in [0.1, 0.15) is 29.2 Å². The normalized spacial score (nSPS) is 19.0. The van der Waals surface area contributed by atoms with Crippen LogP contribution in [-0.2, 0) is 4.79 Å². The molecule has 2 atom stereocenters. The Kier molecular flexibility index (Phi) is 4.26. The minimum absolute atomic E-state index is 0.222. The summed E-state index contributed by atoms with van der Waals surface area (Å²) in [6.45, 7) is 1.63. The lowest BCUT2D eigenvalue weighted by Gasteiger charge is -2.30. The molecule has 25 heavy (non-hydrogen) atoms. The predicted octanol–water partition coefficient (Wildman–Crippen LogP) is 1.10. The van der Waals surface area contributed by atoms with Crippen LogP contribution in [0, 0.1) is 5.92 Å². The molecule has 2 heterocycles. The van der Waals surface area contributed by atoms with Crippen LogP contribution < -0.4 is 14.2 Å². The molecule has 1 aliphatic heterocycles. The van der Waals surface area contributed by atoms with Gasteiger partial charge in [0.15, 0.2) is 0 Å². The van der Waals surface area contributed by atoms with E-state index in [0.717, 1.165) is 0 Å². The second-order valence-electron chi connectivity index (χ2n) is 5.38.